The van der Waals surface area contributed by atoms with Crippen LogP contribution in [0.4, 0.5) is 8.78 Å². The van der Waals surface area contributed by atoms with Crippen molar-refractivity contribution in [3.8, 4) is 11.8 Å². The van der Waals surface area contributed by atoms with Gasteiger partial charge in [-0.25, -0.2) is 8.78 Å². The van der Waals surface area contributed by atoms with E-state index in [2.05, 4.69) is 21.8 Å². The Morgan fingerprint density at radius 3 is 2.52 bits per heavy atom. The van der Waals surface area contributed by atoms with Crippen molar-refractivity contribution in [3.05, 3.63) is 101 Å². The van der Waals surface area contributed by atoms with Crippen LogP contribution in [-0.4, -0.2) is 9.97 Å². The summed E-state index contributed by atoms with van der Waals surface area (Å²) in [4.78, 5) is 7.70. The van der Waals surface area contributed by atoms with Crippen molar-refractivity contribution < 1.29 is 8.78 Å². The van der Waals surface area contributed by atoms with Gasteiger partial charge >= 0.3 is 0 Å². The molecule has 0 saturated carbocycles. The van der Waals surface area contributed by atoms with Crippen LogP contribution in [0.5, 0.6) is 0 Å². The minimum atomic E-state index is -0.838. The molecule has 0 atom stereocenters. The number of H-pyrrole nitrogens is 1. The van der Waals surface area contributed by atoms with Crippen LogP contribution < -0.4 is 0 Å². The Morgan fingerprint density at radius 2 is 1.70 bits per heavy atom. The van der Waals surface area contributed by atoms with Gasteiger partial charge in [-0.1, -0.05) is 42.3 Å². The van der Waals surface area contributed by atoms with Crippen molar-refractivity contribution in [1.29, 1.82) is 0 Å². The van der Waals surface area contributed by atoms with E-state index in [0.29, 0.717) is 18.4 Å². The molecule has 1 N–H and O–H groups in total. The Balaban J connectivity index is 1.52. The number of hydrogen-bond acceptors (Lipinski definition) is 1. The Morgan fingerprint density at radius 1 is 0.852 bits per heavy atom. The molecular formula is C23H16F2N2. The zero-order valence-corrected chi connectivity index (χ0v) is 14.5. The number of nitrogens with zero attached hydrogens (tertiary/aromatic N) is 1. The second-order valence-corrected chi connectivity index (χ2v) is 6.35. The third-order valence-corrected chi connectivity index (χ3v) is 4.28. The molecule has 0 saturated heterocycles. The van der Waals surface area contributed by atoms with Crippen LogP contribution in [0.2, 0.25) is 0 Å². The van der Waals surface area contributed by atoms with Crippen molar-refractivity contribution in [2.45, 2.75) is 12.8 Å². The molecule has 27 heavy (non-hydrogen) atoms. The van der Waals surface area contributed by atoms with Gasteiger partial charge in [0.25, 0.3) is 0 Å². The number of aromatic amines is 1. The maximum atomic E-state index is 13.4. The topological polar surface area (TPSA) is 28.7 Å². The minimum absolute atomic E-state index is 0.480. The zero-order chi connectivity index (χ0) is 18.6. The molecule has 0 amide bonds. The SMILES string of the molecule is Fc1ccc(Cc2cnc3cc(C#CCc4ccccc4)[nH]c3c2)cc1F. The molecule has 4 heteroatoms. The lowest BCUT2D eigenvalue weighted by Gasteiger charge is -2.02. The Labute approximate surface area is 155 Å². The zero-order valence-electron chi connectivity index (χ0n) is 14.5. The van der Waals surface area contributed by atoms with Gasteiger partial charge in [-0.15, -0.1) is 0 Å². The molecule has 4 rings (SSSR count). The Hall–Kier alpha value is -3.45. The third-order valence-electron chi connectivity index (χ3n) is 4.28. The molecule has 0 radical (unpaired) electrons. The number of rotatable bonds is 3. The lowest BCUT2D eigenvalue weighted by molar-refractivity contribution is 0.507. The molecule has 2 aromatic carbocycles. The van der Waals surface area contributed by atoms with Crippen molar-refractivity contribution in [2.75, 3.05) is 0 Å². The first kappa shape index (κ1) is 17.0. The highest BCUT2D eigenvalue weighted by molar-refractivity contribution is 5.77. The summed E-state index contributed by atoms with van der Waals surface area (Å²) in [5.41, 5.74) is 5.29. The van der Waals surface area contributed by atoms with Crippen LogP contribution in [0.15, 0.2) is 66.9 Å². The molecule has 0 aliphatic rings. The van der Waals surface area contributed by atoms with Gasteiger partial charge in [0.2, 0.25) is 0 Å². The first-order valence-electron chi connectivity index (χ1n) is 8.62. The van der Waals surface area contributed by atoms with E-state index >= 15 is 0 Å². The maximum Gasteiger partial charge on any atom is 0.159 e. The standard InChI is InChI=1S/C23H16F2N2/c24-20-10-9-17(12-21(20)25)11-18-13-23-22(26-15-18)14-19(27-23)8-4-7-16-5-2-1-3-6-16/h1-3,5-6,9-10,12-15,27H,7,11H2. The van der Waals surface area contributed by atoms with E-state index in [0.717, 1.165) is 28.4 Å². The number of fused-ring (bicyclic) bond motifs is 1. The predicted octanol–water partition coefficient (Wildman–Crippen LogP) is 5.03. The summed E-state index contributed by atoms with van der Waals surface area (Å²) in [7, 11) is 0. The second-order valence-electron chi connectivity index (χ2n) is 6.35. The normalized spacial score (nSPS) is 10.6. The predicted molar refractivity (Wildman–Crippen MR) is 102 cm³/mol. The van der Waals surface area contributed by atoms with E-state index in [1.165, 1.54) is 11.6 Å². The van der Waals surface area contributed by atoms with Gasteiger partial charge in [0, 0.05) is 12.6 Å². The molecule has 0 bridgehead atoms. The van der Waals surface area contributed by atoms with Crippen LogP contribution in [0.3, 0.4) is 0 Å². The highest BCUT2D eigenvalue weighted by Gasteiger charge is 2.06. The van der Waals surface area contributed by atoms with Gasteiger partial charge in [0.1, 0.15) is 0 Å². The molecule has 0 unspecified atom stereocenters. The van der Waals surface area contributed by atoms with E-state index < -0.39 is 11.6 Å². The van der Waals surface area contributed by atoms with E-state index in [4.69, 9.17) is 0 Å². The number of pyridine rings is 1. The first-order valence-corrected chi connectivity index (χ1v) is 8.62. The van der Waals surface area contributed by atoms with Crippen LogP contribution >= 0.6 is 0 Å². The molecule has 132 valence electrons. The average molecular weight is 358 g/mol. The van der Waals surface area contributed by atoms with E-state index in [1.54, 1.807) is 12.3 Å². The van der Waals surface area contributed by atoms with Crippen LogP contribution in [0.1, 0.15) is 22.4 Å². The fourth-order valence-corrected chi connectivity index (χ4v) is 2.94. The molecule has 0 fully saturated rings. The largest absolute Gasteiger partial charge is 0.347 e. The summed E-state index contributed by atoms with van der Waals surface area (Å²) < 4.78 is 26.4. The van der Waals surface area contributed by atoms with Crippen molar-refractivity contribution >= 4 is 11.0 Å². The number of halogens is 2. The number of nitrogens with one attached hydrogen (secondary N) is 1. The minimum Gasteiger partial charge on any atom is -0.347 e. The molecule has 2 nitrogen and oxygen atoms in total. The van der Waals surface area contributed by atoms with Gasteiger partial charge in [0.05, 0.1) is 16.7 Å². The maximum absolute atomic E-state index is 13.4. The van der Waals surface area contributed by atoms with Gasteiger partial charge in [-0.2, -0.15) is 0 Å². The number of aromatic nitrogens is 2. The highest BCUT2D eigenvalue weighted by Crippen LogP contribution is 2.18. The van der Waals surface area contributed by atoms with E-state index in [-0.39, 0.29) is 0 Å². The molecule has 2 aromatic heterocycles. The van der Waals surface area contributed by atoms with Crippen LogP contribution in [0.25, 0.3) is 11.0 Å². The second kappa shape index (κ2) is 7.43. The summed E-state index contributed by atoms with van der Waals surface area (Å²) >= 11 is 0. The highest BCUT2D eigenvalue weighted by atomic mass is 19.2. The van der Waals surface area contributed by atoms with E-state index in [1.807, 2.05) is 42.5 Å². The summed E-state index contributed by atoms with van der Waals surface area (Å²) in [6, 6.07) is 17.9. The van der Waals surface area contributed by atoms with Crippen LogP contribution in [-0.2, 0) is 12.8 Å². The fraction of sp³-hybridized carbons (Fsp3) is 0.0870. The fourth-order valence-electron chi connectivity index (χ4n) is 2.94. The molecule has 0 aliphatic heterocycles. The molecule has 2 heterocycles. The summed E-state index contributed by atoms with van der Waals surface area (Å²) in [5, 5.41) is 0. The number of hydrogen-bond donors (Lipinski definition) is 1. The van der Waals surface area contributed by atoms with Gasteiger partial charge < -0.3 is 4.98 Å². The lowest BCUT2D eigenvalue weighted by atomic mass is 10.1. The quantitative estimate of drug-likeness (QED) is 0.512. The van der Waals surface area contributed by atoms with Crippen LogP contribution in [0, 0.1) is 23.5 Å². The summed E-state index contributed by atoms with van der Waals surface area (Å²) in [6.45, 7) is 0. The molecule has 4 aromatic rings. The Kier molecular flexibility index (Phi) is 4.67. The summed E-state index contributed by atoms with van der Waals surface area (Å²) in [5.74, 6) is 4.61. The monoisotopic (exact) mass is 358 g/mol. The van der Waals surface area contributed by atoms with Crippen molar-refractivity contribution in [1.82, 2.24) is 9.97 Å². The molecular weight excluding hydrogens is 342 g/mol. The average Bonchev–Trinajstić information content (AvgIpc) is 3.08. The van der Waals surface area contributed by atoms with Crippen molar-refractivity contribution in [3.63, 3.8) is 0 Å². The third kappa shape index (κ3) is 4.04. The molecule has 0 aliphatic carbocycles. The smallest absolute Gasteiger partial charge is 0.159 e. The van der Waals surface area contributed by atoms with Gasteiger partial charge in [-0.05, 0) is 53.3 Å². The van der Waals surface area contributed by atoms with Gasteiger partial charge in [0.15, 0.2) is 11.6 Å². The van der Waals surface area contributed by atoms with E-state index in [9.17, 15) is 8.78 Å². The molecule has 0 spiro atoms. The van der Waals surface area contributed by atoms with Gasteiger partial charge in [-0.3, -0.25) is 4.98 Å². The van der Waals surface area contributed by atoms with Crippen molar-refractivity contribution in [2.24, 2.45) is 0 Å². The lowest BCUT2D eigenvalue weighted by Crippen LogP contribution is -1.92. The number of benzene rings is 2. The first-order chi connectivity index (χ1) is 13.2. The summed E-state index contributed by atoms with van der Waals surface area (Å²) in [6.07, 6.45) is 2.91. The Bertz CT molecular complexity index is 1150.